The first-order valence-electron chi connectivity index (χ1n) is 10.6. The maximum atomic E-state index is 12.4. The molecular weight excluding hydrogens is 487 g/mol. The smallest absolute Gasteiger partial charge is 0.0399 e. The summed E-state index contributed by atoms with van der Waals surface area (Å²) >= 11 is 2.42. The van der Waals surface area contributed by atoms with Gasteiger partial charge in [-0.05, 0) is 22.9 Å². The average Bonchev–Trinajstić information content (AvgIpc) is 3.41. The Kier molecular flexibility index (Phi) is 8.89. The third-order valence-corrected chi connectivity index (χ3v) is 5.70. The topological polar surface area (TPSA) is 88.5 Å². The van der Waals surface area contributed by atoms with Gasteiger partial charge in [0.05, 0.1) is 0 Å². The molecule has 0 atom stereocenters. The Hall–Kier alpha value is -2.63. The molecule has 0 aliphatic heterocycles. The number of H-pyrrole nitrogens is 1. The van der Waals surface area contributed by atoms with Crippen LogP contribution in [0.4, 0.5) is 0 Å². The summed E-state index contributed by atoms with van der Waals surface area (Å²) in [5, 5.41) is 13.6. The molecule has 2 N–H and O–H groups in total. The molecule has 0 bridgehead atoms. The fraction of sp³-hybridized carbons (Fsp3) is 0.304. The Labute approximate surface area is 202 Å². The van der Waals surface area contributed by atoms with Crippen LogP contribution in [0.2, 0.25) is 0 Å². The number of aromatic amines is 1. The number of rotatable bonds is 10. The molecule has 7 nitrogen and oxygen atoms in total. The number of unbranched alkanes of at least 4 members (excludes halogenated alkanes) is 2. The van der Waals surface area contributed by atoms with E-state index >= 15 is 0 Å². The largest absolute Gasteiger partial charge is 0.0616 e. The maximum Gasteiger partial charge on any atom is 0.0399 e. The van der Waals surface area contributed by atoms with Crippen molar-refractivity contribution in [3.63, 3.8) is 0 Å². The molecule has 2 aromatic heterocycles. The molecule has 0 unspecified atom stereocenters. The van der Waals surface area contributed by atoms with E-state index in [1.807, 2.05) is 54.9 Å². The van der Waals surface area contributed by atoms with Gasteiger partial charge < -0.3 is 5.32 Å². The number of nitrogens with one attached hydrogen (secondary N) is 2. The van der Waals surface area contributed by atoms with Gasteiger partial charge in [0.1, 0.15) is 0 Å². The zero-order valence-corrected chi connectivity index (χ0v) is 20.4. The third-order valence-electron chi connectivity index (χ3n) is 5.22. The van der Waals surface area contributed by atoms with Crippen molar-refractivity contribution in [2.75, 3.05) is 6.54 Å². The molecule has 32 heavy (non-hydrogen) atoms. The Morgan fingerprint density at radius 3 is 2.69 bits per heavy atom. The van der Waals surface area contributed by atoms with Gasteiger partial charge in [0.2, 0.25) is 0 Å². The molecule has 0 fully saturated rings. The van der Waals surface area contributed by atoms with E-state index < -0.39 is 0 Å². The van der Waals surface area contributed by atoms with Gasteiger partial charge in [-0.1, -0.05) is 30.3 Å². The summed E-state index contributed by atoms with van der Waals surface area (Å²) in [5.74, 6) is -0.0718. The van der Waals surface area contributed by atoms with Crippen LogP contribution >= 0.6 is 12.4 Å². The molecule has 0 saturated carbocycles. The predicted octanol–water partition coefficient (Wildman–Crippen LogP) is 2.76. The number of aryl methyl sites for hydroxylation is 2. The predicted molar refractivity (Wildman–Crippen MR) is 129 cm³/mol. The van der Waals surface area contributed by atoms with Gasteiger partial charge >= 0.3 is 109 Å². The van der Waals surface area contributed by atoms with Gasteiger partial charge in [-0.25, -0.2) is 0 Å². The second-order valence-corrected chi connectivity index (χ2v) is 8.47. The summed E-state index contributed by atoms with van der Waals surface area (Å²) in [6.07, 6.45) is 9.17. The van der Waals surface area contributed by atoms with Crippen molar-refractivity contribution in [2.24, 2.45) is 0 Å². The minimum atomic E-state index is -0.0718. The molecule has 0 aliphatic carbocycles. The van der Waals surface area contributed by atoms with Crippen LogP contribution < -0.4 is 9.93 Å². The van der Waals surface area contributed by atoms with Crippen LogP contribution in [0, 0.1) is 0 Å². The Balaban J connectivity index is 0.00000289. The molecule has 0 spiro atoms. The first-order valence-corrected chi connectivity index (χ1v) is 11.5. The summed E-state index contributed by atoms with van der Waals surface area (Å²) in [4.78, 5) is 19.9. The first kappa shape index (κ1) is 24.0. The second kappa shape index (κ2) is 11.8. The number of halogens is 1. The van der Waals surface area contributed by atoms with E-state index in [1.54, 1.807) is 4.68 Å². The zero-order valence-electron chi connectivity index (χ0n) is 17.7. The Morgan fingerprint density at radius 2 is 1.88 bits per heavy atom. The number of aromatic nitrogens is 5. The number of nitrogens with zero attached hydrogens (tertiary/aromatic N) is 4. The molecule has 166 valence electrons. The van der Waals surface area contributed by atoms with Crippen LogP contribution in [0.25, 0.3) is 10.8 Å². The van der Waals surface area contributed by atoms with Gasteiger partial charge in [0, 0.05) is 12.1 Å². The van der Waals surface area contributed by atoms with Crippen molar-refractivity contribution in [3.05, 3.63) is 71.8 Å². The molecular formula is C23H26AsClN6O. The van der Waals surface area contributed by atoms with Crippen LogP contribution in [-0.4, -0.2) is 54.3 Å². The van der Waals surface area contributed by atoms with Gasteiger partial charge in [-0.3, -0.25) is 4.79 Å². The van der Waals surface area contributed by atoms with Crippen LogP contribution in [0.1, 0.15) is 41.0 Å². The molecule has 2 heterocycles. The number of hydrogen-bond donors (Lipinski definition) is 2. The fourth-order valence-corrected chi connectivity index (χ4v) is 3.97. The summed E-state index contributed by atoms with van der Waals surface area (Å²) in [6.45, 7) is 1.11. The fourth-order valence-electron chi connectivity index (χ4n) is 3.55. The maximum absolute atomic E-state index is 12.4. The molecule has 9 heteroatoms. The molecule has 0 saturated heterocycles. The first-order chi connectivity index (χ1) is 15.2. The monoisotopic (exact) mass is 512 g/mol. The second-order valence-electron chi connectivity index (χ2n) is 7.58. The van der Waals surface area contributed by atoms with Crippen molar-refractivity contribution in [1.29, 1.82) is 0 Å². The van der Waals surface area contributed by atoms with Gasteiger partial charge in [-0.15, -0.1) is 12.4 Å². The van der Waals surface area contributed by atoms with Crippen LogP contribution in [0.5, 0.6) is 0 Å². The number of imidazole rings is 1. The molecule has 1 amide bonds. The van der Waals surface area contributed by atoms with Crippen molar-refractivity contribution >= 4 is 50.6 Å². The Bertz CT molecular complexity index is 1160. The quantitative estimate of drug-likeness (QED) is 0.253. The van der Waals surface area contributed by atoms with Crippen molar-refractivity contribution in [1.82, 2.24) is 30.3 Å². The summed E-state index contributed by atoms with van der Waals surface area (Å²) in [6, 6.07) is 13.8. The van der Waals surface area contributed by atoms with Crippen molar-refractivity contribution in [2.45, 2.75) is 38.6 Å². The number of amides is 1. The number of carbonyl (C=O) groups excluding carboxylic acids is 1. The summed E-state index contributed by atoms with van der Waals surface area (Å²) < 4.78 is 2.70. The van der Waals surface area contributed by atoms with E-state index in [4.69, 9.17) is 0 Å². The Morgan fingerprint density at radius 1 is 1.06 bits per heavy atom. The standard InChI is InChI=1S/C23H25AsN6O.ClH/c24-23-26-15-20(27-23)8-2-1-3-9-21-16-30(29-28-21)13-12-25-22(31)19-11-10-17-6-4-5-7-18(17)14-19;/h4-7,10-11,14-16H,1-3,8-9,12-13H2,(H,25,31)(H,26,27);1H. The zero-order chi connectivity index (χ0) is 21.5. The molecule has 0 aliphatic rings. The number of benzene rings is 2. The number of hydrogen-bond acceptors (Lipinski definition) is 4. The van der Waals surface area contributed by atoms with Crippen LogP contribution in [0.3, 0.4) is 0 Å². The number of carbonyl (C=O) groups is 1. The summed E-state index contributed by atoms with van der Waals surface area (Å²) in [5.41, 5.74) is 2.85. The van der Waals surface area contributed by atoms with E-state index in [2.05, 4.69) is 42.4 Å². The molecule has 2 aromatic carbocycles. The van der Waals surface area contributed by atoms with Gasteiger partial charge in [0.25, 0.3) is 5.91 Å². The van der Waals surface area contributed by atoms with Crippen LogP contribution in [-0.2, 0) is 19.4 Å². The van der Waals surface area contributed by atoms with E-state index in [-0.39, 0.29) is 18.3 Å². The van der Waals surface area contributed by atoms with Crippen LogP contribution in [0.15, 0.2) is 54.9 Å². The van der Waals surface area contributed by atoms with E-state index in [9.17, 15) is 4.79 Å². The molecule has 4 aromatic rings. The minimum absolute atomic E-state index is 0. The normalized spacial score (nSPS) is 10.8. The van der Waals surface area contributed by atoms with Crippen molar-refractivity contribution in [3.8, 4) is 0 Å². The van der Waals surface area contributed by atoms with E-state index in [0.29, 0.717) is 18.7 Å². The molecule has 4 rings (SSSR count). The summed E-state index contributed by atoms with van der Waals surface area (Å²) in [7, 11) is 0. The average molecular weight is 513 g/mol. The van der Waals surface area contributed by atoms with Crippen molar-refractivity contribution < 1.29 is 4.79 Å². The van der Waals surface area contributed by atoms with E-state index in [1.165, 1.54) is 5.69 Å². The SMILES string of the molecule is Cl.O=C(NCCn1cc(CCCCCc2cnc([As])[nH]2)nn1)c1ccc2ccccc2c1. The van der Waals surface area contributed by atoms with Gasteiger partial charge in [0.15, 0.2) is 0 Å². The number of fused-ring (bicyclic) bond motifs is 1. The van der Waals surface area contributed by atoms with Gasteiger partial charge in [-0.2, -0.15) is 0 Å². The molecule has 2 radical (unpaired) electrons. The third kappa shape index (κ3) is 6.68. The minimum Gasteiger partial charge on any atom is -0.0616 e. The van der Waals surface area contributed by atoms with E-state index in [0.717, 1.165) is 53.2 Å².